The Bertz CT molecular complexity index is 228. The average Bonchev–Trinajstić information content (AvgIpc) is 1.94. The highest BCUT2D eigenvalue weighted by atomic mass is 32.1. The fraction of sp³-hybridized carbons (Fsp3) is 0.333. The van der Waals surface area contributed by atoms with E-state index in [-0.39, 0.29) is 0 Å². The maximum absolute atomic E-state index is 4.33. The molecule has 0 spiro atoms. The molecular formula is C9H12S. The Balaban J connectivity index is 3.09. The molecule has 0 fully saturated rings. The first kappa shape index (κ1) is 7.67. The van der Waals surface area contributed by atoms with E-state index in [1.807, 2.05) is 0 Å². The van der Waals surface area contributed by atoms with E-state index >= 15 is 0 Å². The molecular weight excluding hydrogens is 140 g/mol. The van der Waals surface area contributed by atoms with Crippen LogP contribution < -0.4 is 0 Å². The molecule has 0 radical (unpaired) electrons. The smallest absolute Gasteiger partial charge is 0.00721 e. The van der Waals surface area contributed by atoms with Gasteiger partial charge in [0.2, 0.25) is 0 Å². The molecule has 1 heteroatoms. The van der Waals surface area contributed by atoms with E-state index in [0.29, 0.717) is 0 Å². The number of aryl methyl sites for hydroxylation is 2. The van der Waals surface area contributed by atoms with E-state index in [9.17, 15) is 0 Å². The lowest BCUT2D eigenvalue weighted by atomic mass is 10.1. The number of hydrogen-bond acceptors (Lipinski definition) is 1. The molecule has 0 aromatic heterocycles. The summed E-state index contributed by atoms with van der Waals surface area (Å²) >= 11 is 4.33. The zero-order valence-electron chi connectivity index (χ0n) is 6.39. The van der Waals surface area contributed by atoms with Gasteiger partial charge < -0.3 is 0 Å². The van der Waals surface area contributed by atoms with Crippen molar-refractivity contribution >= 4 is 12.6 Å². The molecule has 0 saturated heterocycles. The van der Waals surface area contributed by atoms with Gasteiger partial charge in [0.1, 0.15) is 0 Å². The lowest BCUT2D eigenvalue weighted by Gasteiger charge is -2.01. The van der Waals surface area contributed by atoms with Crippen molar-refractivity contribution in [3.05, 3.63) is 29.3 Å². The van der Waals surface area contributed by atoms with Crippen molar-refractivity contribution in [1.29, 1.82) is 0 Å². The predicted molar refractivity (Wildman–Crippen MR) is 47.8 cm³/mol. The van der Waals surface area contributed by atoms with Gasteiger partial charge in [-0.05, 0) is 25.0 Å². The Labute approximate surface area is 67.7 Å². The van der Waals surface area contributed by atoms with Gasteiger partial charge in [0.15, 0.2) is 0 Å². The van der Waals surface area contributed by atoms with Crippen LogP contribution >= 0.6 is 12.6 Å². The van der Waals surface area contributed by atoms with Crippen LogP contribution in [0.25, 0.3) is 0 Å². The first-order chi connectivity index (χ1) is 4.74. The van der Waals surface area contributed by atoms with E-state index in [1.165, 1.54) is 11.1 Å². The molecule has 1 aromatic rings. The van der Waals surface area contributed by atoms with E-state index in [1.54, 1.807) is 0 Å². The van der Waals surface area contributed by atoms with Crippen LogP contribution in [0.3, 0.4) is 0 Å². The fourth-order valence-corrected chi connectivity index (χ4v) is 1.29. The highest BCUT2D eigenvalue weighted by Gasteiger charge is 1.94. The van der Waals surface area contributed by atoms with Gasteiger partial charge in [-0.2, -0.15) is 0 Å². The molecule has 0 unspecified atom stereocenters. The van der Waals surface area contributed by atoms with Crippen LogP contribution in [-0.4, -0.2) is 0 Å². The molecule has 54 valence electrons. The zero-order valence-corrected chi connectivity index (χ0v) is 7.28. The van der Waals surface area contributed by atoms with Gasteiger partial charge >= 0.3 is 0 Å². The molecule has 0 nitrogen and oxygen atoms in total. The Kier molecular flexibility index (Phi) is 2.39. The highest BCUT2D eigenvalue weighted by Crippen LogP contribution is 2.15. The van der Waals surface area contributed by atoms with Gasteiger partial charge in [-0.25, -0.2) is 0 Å². The molecule has 0 aliphatic carbocycles. The van der Waals surface area contributed by atoms with Crippen molar-refractivity contribution in [2.45, 2.75) is 25.2 Å². The molecule has 0 amide bonds. The molecule has 0 atom stereocenters. The summed E-state index contributed by atoms with van der Waals surface area (Å²) in [5.74, 6) is 0. The summed E-state index contributed by atoms with van der Waals surface area (Å²) in [5.41, 5.74) is 2.65. The molecule has 0 N–H and O–H groups in total. The quantitative estimate of drug-likeness (QED) is 0.588. The third kappa shape index (κ3) is 1.54. The molecule has 10 heavy (non-hydrogen) atoms. The van der Waals surface area contributed by atoms with Gasteiger partial charge in [-0.15, -0.1) is 12.6 Å². The fourth-order valence-electron chi connectivity index (χ4n) is 0.997. The number of rotatable bonds is 1. The second-order valence-corrected chi connectivity index (χ2v) is 2.97. The Morgan fingerprint density at radius 1 is 1.40 bits per heavy atom. The third-order valence-corrected chi connectivity index (χ3v) is 2.05. The second-order valence-electron chi connectivity index (χ2n) is 2.49. The maximum atomic E-state index is 4.33. The summed E-state index contributed by atoms with van der Waals surface area (Å²) < 4.78 is 0. The van der Waals surface area contributed by atoms with Crippen molar-refractivity contribution < 1.29 is 0 Å². The lowest BCUT2D eigenvalue weighted by Crippen LogP contribution is -1.83. The monoisotopic (exact) mass is 152 g/mol. The normalized spacial score (nSPS) is 9.90. The van der Waals surface area contributed by atoms with Crippen LogP contribution in [0.15, 0.2) is 23.1 Å². The average molecular weight is 152 g/mol. The third-order valence-electron chi connectivity index (χ3n) is 1.62. The van der Waals surface area contributed by atoms with Gasteiger partial charge in [0.05, 0.1) is 0 Å². The Hall–Kier alpha value is -0.430. The largest absolute Gasteiger partial charge is 0.143 e. The molecule has 0 aliphatic rings. The summed E-state index contributed by atoms with van der Waals surface area (Å²) in [6, 6.07) is 6.32. The summed E-state index contributed by atoms with van der Waals surface area (Å²) in [6.45, 7) is 4.25. The van der Waals surface area contributed by atoms with Crippen LogP contribution in [-0.2, 0) is 6.42 Å². The number of hydrogen-bond donors (Lipinski definition) is 1. The van der Waals surface area contributed by atoms with E-state index in [2.05, 4.69) is 44.7 Å². The standard InChI is InChI=1S/C9H12S/c1-3-8-6-7(2)4-5-9(8)10/h4-6,10H,3H2,1-2H3. The van der Waals surface area contributed by atoms with Crippen molar-refractivity contribution in [2.75, 3.05) is 0 Å². The number of thiol groups is 1. The minimum atomic E-state index is 1.07. The summed E-state index contributed by atoms with van der Waals surface area (Å²) in [4.78, 5) is 1.10. The van der Waals surface area contributed by atoms with E-state index in [0.717, 1.165) is 11.3 Å². The Morgan fingerprint density at radius 3 is 2.60 bits per heavy atom. The minimum absolute atomic E-state index is 1.07. The van der Waals surface area contributed by atoms with Gasteiger partial charge in [0, 0.05) is 4.90 Å². The van der Waals surface area contributed by atoms with Crippen LogP contribution in [0.1, 0.15) is 18.1 Å². The van der Waals surface area contributed by atoms with Crippen molar-refractivity contribution in [2.24, 2.45) is 0 Å². The number of benzene rings is 1. The predicted octanol–water partition coefficient (Wildman–Crippen LogP) is 2.85. The Morgan fingerprint density at radius 2 is 2.10 bits per heavy atom. The second kappa shape index (κ2) is 3.11. The van der Waals surface area contributed by atoms with Gasteiger partial charge in [-0.3, -0.25) is 0 Å². The van der Waals surface area contributed by atoms with Crippen molar-refractivity contribution in [3.8, 4) is 0 Å². The molecule has 0 saturated carbocycles. The van der Waals surface area contributed by atoms with Crippen molar-refractivity contribution in [3.63, 3.8) is 0 Å². The van der Waals surface area contributed by atoms with Crippen LogP contribution in [0.4, 0.5) is 0 Å². The van der Waals surface area contributed by atoms with Gasteiger partial charge in [0.25, 0.3) is 0 Å². The molecule has 1 rings (SSSR count). The first-order valence-corrected chi connectivity index (χ1v) is 3.97. The summed E-state index contributed by atoms with van der Waals surface area (Å²) in [6.07, 6.45) is 1.07. The lowest BCUT2D eigenvalue weighted by molar-refractivity contribution is 1.08. The van der Waals surface area contributed by atoms with Crippen LogP contribution in [0.5, 0.6) is 0 Å². The molecule has 0 heterocycles. The minimum Gasteiger partial charge on any atom is -0.143 e. The topological polar surface area (TPSA) is 0 Å². The molecule has 1 aromatic carbocycles. The summed E-state index contributed by atoms with van der Waals surface area (Å²) in [5, 5.41) is 0. The highest BCUT2D eigenvalue weighted by molar-refractivity contribution is 7.80. The first-order valence-electron chi connectivity index (χ1n) is 3.52. The van der Waals surface area contributed by atoms with Crippen LogP contribution in [0.2, 0.25) is 0 Å². The SMILES string of the molecule is CCc1cc(C)ccc1S. The van der Waals surface area contributed by atoms with Gasteiger partial charge in [-0.1, -0.05) is 24.6 Å². The maximum Gasteiger partial charge on any atom is 0.00721 e. The summed E-state index contributed by atoms with van der Waals surface area (Å²) in [7, 11) is 0. The molecule has 0 bridgehead atoms. The van der Waals surface area contributed by atoms with Crippen LogP contribution in [0, 0.1) is 6.92 Å². The van der Waals surface area contributed by atoms with E-state index in [4.69, 9.17) is 0 Å². The zero-order chi connectivity index (χ0) is 7.56. The van der Waals surface area contributed by atoms with E-state index < -0.39 is 0 Å². The molecule has 0 aliphatic heterocycles. The van der Waals surface area contributed by atoms with Crippen molar-refractivity contribution in [1.82, 2.24) is 0 Å².